The monoisotopic (exact) mass is 418 g/mol. The predicted molar refractivity (Wildman–Crippen MR) is 122 cm³/mol. The van der Waals surface area contributed by atoms with Crippen LogP contribution in [0.25, 0.3) is 0 Å². The summed E-state index contributed by atoms with van der Waals surface area (Å²) in [4.78, 5) is 2.04. The molecule has 5 heteroatoms. The van der Waals surface area contributed by atoms with Gasteiger partial charge in [-0.15, -0.1) is 11.8 Å². The molecule has 0 fully saturated rings. The second-order valence-corrected chi connectivity index (χ2v) is 9.75. The normalized spacial score (nSPS) is 14.4. The molecule has 144 valence electrons. The smallest absolute Gasteiger partial charge is 0.106 e. The molecule has 2 aromatic carbocycles. The van der Waals surface area contributed by atoms with Gasteiger partial charge in [0.25, 0.3) is 0 Å². The highest BCUT2D eigenvalue weighted by atomic mass is 35.5. The molecule has 0 unspecified atom stereocenters. The molecule has 3 rings (SSSR count). The Balaban J connectivity index is 1.70. The van der Waals surface area contributed by atoms with Gasteiger partial charge in [-0.05, 0) is 69.5 Å². The van der Waals surface area contributed by atoms with E-state index >= 15 is 0 Å². The number of nitrogens with one attached hydrogen (secondary N) is 2. The Bertz CT molecular complexity index is 810. The quantitative estimate of drug-likeness (QED) is 0.513. The van der Waals surface area contributed by atoms with Crippen LogP contribution in [0.4, 0.5) is 0 Å². The average Bonchev–Trinajstić information content (AvgIpc) is 2.85. The molecule has 1 aliphatic heterocycles. The van der Waals surface area contributed by atoms with Crippen LogP contribution in [-0.2, 0) is 18.6 Å². The SMILES string of the molecule is CC(C)(C)NC(=S)c1ccc(CSc2c(Cl)ccc3c2CCNCC3)cc1. The van der Waals surface area contributed by atoms with Gasteiger partial charge in [-0.2, -0.15) is 0 Å². The molecule has 27 heavy (non-hydrogen) atoms. The number of halogens is 1. The number of benzene rings is 2. The second-order valence-electron chi connectivity index (χ2n) is 7.95. The van der Waals surface area contributed by atoms with E-state index in [2.05, 4.69) is 61.7 Å². The maximum Gasteiger partial charge on any atom is 0.106 e. The zero-order valence-corrected chi connectivity index (χ0v) is 18.6. The molecular formula is C22H27ClN2S2. The van der Waals surface area contributed by atoms with E-state index in [9.17, 15) is 0 Å². The van der Waals surface area contributed by atoms with Crippen LogP contribution in [0, 0.1) is 0 Å². The van der Waals surface area contributed by atoms with Crippen LogP contribution in [0.15, 0.2) is 41.3 Å². The zero-order chi connectivity index (χ0) is 19.4. The lowest BCUT2D eigenvalue weighted by molar-refractivity contribution is 0.515. The predicted octanol–water partition coefficient (Wildman–Crippen LogP) is 5.38. The van der Waals surface area contributed by atoms with Gasteiger partial charge in [0.1, 0.15) is 4.99 Å². The molecule has 1 aliphatic rings. The van der Waals surface area contributed by atoms with E-state index in [0.29, 0.717) is 0 Å². The van der Waals surface area contributed by atoms with Crippen molar-refractivity contribution in [1.82, 2.24) is 10.6 Å². The molecule has 2 nitrogen and oxygen atoms in total. The summed E-state index contributed by atoms with van der Waals surface area (Å²) in [5, 5.41) is 7.71. The van der Waals surface area contributed by atoms with E-state index < -0.39 is 0 Å². The summed E-state index contributed by atoms with van der Waals surface area (Å²) in [6, 6.07) is 12.8. The molecular weight excluding hydrogens is 392 g/mol. The standard InChI is InChI=1S/C22H27ClN2S2/c1-22(2,3)25-21(26)17-6-4-15(5-7-17)14-27-20-18-11-13-24-12-10-16(18)8-9-19(20)23/h4-9,24H,10-14H2,1-3H3,(H,25,26). The Labute approximate surface area is 177 Å². The van der Waals surface area contributed by atoms with Gasteiger partial charge in [-0.1, -0.05) is 54.2 Å². The van der Waals surface area contributed by atoms with Crippen molar-refractivity contribution < 1.29 is 0 Å². The first-order valence-corrected chi connectivity index (χ1v) is 11.2. The Kier molecular flexibility index (Phi) is 6.85. The van der Waals surface area contributed by atoms with Crippen LogP contribution in [0.2, 0.25) is 5.02 Å². The summed E-state index contributed by atoms with van der Waals surface area (Å²) >= 11 is 13.9. The molecule has 2 aromatic rings. The van der Waals surface area contributed by atoms with Crippen LogP contribution in [0.1, 0.15) is 43.0 Å². The van der Waals surface area contributed by atoms with Gasteiger partial charge in [0.2, 0.25) is 0 Å². The van der Waals surface area contributed by atoms with Gasteiger partial charge in [0.15, 0.2) is 0 Å². The van der Waals surface area contributed by atoms with Gasteiger partial charge < -0.3 is 10.6 Å². The Morgan fingerprint density at radius 1 is 1.11 bits per heavy atom. The second kappa shape index (κ2) is 8.95. The minimum absolute atomic E-state index is 0.0255. The Morgan fingerprint density at radius 2 is 1.81 bits per heavy atom. The van der Waals surface area contributed by atoms with E-state index in [4.69, 9.17) is 23.8 Å². The van der Waals surface area contributed by atoms with Gasteiger partial charge in [-0.25, -0.2) is 0 Å². The lowest BCUT2D eigenvalue weighted by Gasteiger charge is -2.22. The molecule has 0 bridgehead atoms. The summed E-state index contributed by atoms with van der Waals surface area (Å²) in [5.41, 5.74) is 5.17. The molecule has 0 radical (unpaired) electrons. The molecule has 0 saturated heterocycles. The number of rotatable bonds is 4. The largest absolute Gasteiger partial charge is 0.371 e. The van der Waals surface area contributed by atoms with Crippen molar-refractivity contribution in [2.24, 2.45) is 0 Å². The highest BCUT2D eigenvalue weighted by Gasteiger charge is 2.16. The average molecular weight is 419 g/mol. The van der Waals surface area contributed by atoms with Crippen LogP contribution in [0.3, 0.4) is 0 Å². The molecule has 0 amide bonds. The first-order valence-electron chi connectivity index (χ1n) is 9.39. The highest BCUT2D eigenvalue weighted by Crippen LogP contribution is 2.36. The first-order chi connectivity index (χ1) is 12.8. The minimum atomic E-state index is -0.0255. The van der Waals surface area contributed by atoms with Crippen LogP contribution < -0.4 is 10.6 Å². The Morgan fingerprint density at radius 3 is 2.52 bits per heavy atom. The number of thiocarbonyl (C=S) groups is 1. The molecule has 0 saturated carbocycles. The van der Waals surface area contributed by atoms with Crippen molar-refractivity contribution in [2.75, 3.05) is 13.1 Å². The van der Waals surface area contributed by atoms with E-state index in [1.54, 1.807) is 0 Å². The van der Waals surface area contributed by atoms with Crippen molar-refractivity contribution in [3.8, 4) is 0 Å². The number of hydrogen-bond acceptors (Lipinski definition) is 3. The molecule has 0 aliphatic carbocycles. The molecule has 1 heterocycles. The fraction of sp³-hybridized carbons (Fsp3) is 0.409. The summed E-state index contributed by atoms with van der Waals surface area (Å²) in [5.74, 6) is 0.906. The van der Waals surface area contributed by atoms with E-state index in [-0.39, 0.29) is 5.54 Å². The number of thioether (sulfide) groups is 1. The van der Waals surface area contributed by atoms with Crippen molar-refractivity contribution in [3.05, 3.63) is 63.7 Å². The van der Waals surface area contributed by atoms with Crippen molar-refractivity contribution in [2.45, 2.75) is 49.8 Å². The van der Waals surface area contributed by atoms with Crippen molar-refractivity contribution >= 4 is 40.6 Å². The topological polar surface area (TPSA) is 24.1 Å². The fourth-order valence-electron chi connectivity index (χ4n) is 3.19. The number of hydrogen-bond donors (Lipinski definition) is 2. The van der Waals surface area contributed by atoms with Crippen LogP contribution in [-0.4, -0.2) is 23.6 Å². The third kappa shape index (κ3) is 5.71. The van der Waals surface area contributed by atoms with E-state index in [1.807, 2.05) is 17.8 Å². The maximum atomic E-state index is 6.54. The molecule has 0 aromatic heterocycles. The summed E-state index contributed by atoms with van der Waals surface area (Å²) < 4.78 is 0. The van der Waals surface area contributed by atoms with Crippen molar-refractivity contribution in [3.63, 3.8) is 0 Å². The first kappa shape index (κ1) is 20.7. The van der Waals surface area contributed by atoms with Crippen molar-refractivity contribution in [1.29, 1.82) is 0 Å². The number of fused-ring (bicyclic) bond motifs is 1. The summed E-state index contributed by atoms with van der Waals surface area (Å²) in [6.07, 6.45) is 2.12. The summed E-state index contributed by atoms with van der Waals surface area (Å²) in [6.45, 7) is 8.42. The third-order valence-corrected chi connectivity index (χ3v) is 6.52. The molecule has 0 spiro atoms. The van der Waals surface area contributed by atoms with Crippen LogP contribution >= 0.6 is 35.6 Å². The van der Waals surface area contributed by atoms with Gasteiger partial charge >= 0.3 is 0 Å². The molecule has 0 atom stereocenters. The van der Waals surface area contributed by atoms with Crippen LogP contribution in [0.5, 0.6) is 0 Å². The third-order valence-electron chi connectivity index (χ3n) is 4.52. The van der Waals surface area contributed by atoms with Gasteiger partial charge in [0, 0.05) is 21.8 Å². The lowest BCUT2D eigenvalue weighted by Crippen LogP contribution is -2.39. The minimum Gasteiger partial charge on any atom is -0.371 e. The van der Waals surface area contributed by atoms with Gasteiger partial charge in [-0.3, -0.25) is 0 Å². The highest BCUT2D eigenvalue weighted by molar-refractivity contribution is 7.98. The van der Waals surface area contributed by atoms with E-state index in [0.717, 1.165) is 47.3 Å². The molecule has 2 N–H and O–H groups in total. The van der Waals surface area contributed by atoms with Gasteiger partial charge in [0.05, 0.1) is 5.02 Å². The Hall–Kier alpha value is -1.07. The fourth-order valence-corrected chi connectivity index (χ4v) is 5.09. The zero-order valence-electron chi connectivity index (χ0n) is 16.2. The van der Waals surface area contributed by atoms with E-state index in [1.165, 1.54) is 21.6 Å². The lowest BCUT2D eigenvalue weighted by atomic mass is 10.0. The summed E-state index contributed by atoms with van der Waals surface area (Å²) in [7, 11) is 0. The maximum absolute atomic E-state index is 6.54.